The zero-order valence-electron chi connectivity index (χ0n) is 26.5. The first kappa shape index (κ1) is 34.2. The summed E-state index contributed by atoms with van der Waals surface area (Å²) >= 11 is 1.48. The van der Waals surface area contributed by atoms with Gasteiger partial charge in [0.2, 0.25) is 14.1 Å². The highest BCUT2D eigenvalue weighted by Crippen LogP contribution is 2.46. The number of nitrogens with two attached hydrogens (primary N) is 1. The van der Waals surface area contributed by atoms with E-state index in [1.54, 1.807) is 6.20 Å². The molecule has 3 N–H and O–H groups in total. The molecule has 0 aromatic carbocycles. The average molecular weight is 651 g/mol. The number of hydrogen-bond donors (Lipinski definition) is 2. The molecule has 0 saturated heterocycles. The van der Waals surface area contributed by atoms with Crippen molar-refractivity contribution in [2.75, 3.05) is 11.9 Å². The van der Waals surface area contributed by atoms with Crippen LogP contribution in [-0.2, 0) is 25.3 Å². The van der Waals surface area contributed by atoms with Gasteiger partial charge in [-0.2, -0.15) is 8.42 Å². The molecule has 0 spiro atoms. The van der Waals surface area contributed by atoms with E-state index in [2.05, 4.69) is 62.2 Å². The Hall–Kier alpha value is -1.70. The number of hydrogen-bond acceptors (Lipinski definition) is 9. The lowest BCUT2D eigenvalue weighted by molar-refractivity contribution is 0.103. The van der Waals surface area contributed by atoms with Crippen LogP contribution >= 0.6 is 11.3 Å². The molecule has 9 nitrogen and oxygen atoms in total. The number of aromatic nitrogens is 2. The van der Waals surface area contributed by atoms with Crippen LogP contribution < -0.4 is 10.5 Å². The van der Waals surface area contributed by atoms with Crippen molar-refractivity contribution >= 4 is 41.6 Å². The van der Waals surface area contributed by atoms with Crippen LogP contribution in [0, 0.1) is 11.8 Å². The van der Waals surface area contributed by atoms with Gasteiger partial charge in [-0.3, -0.25) is 8.98 Å². The molecular formula is C31H50N4O5S2Si. The van der Waals surface area contributed by atoms with Crippen LogP contribution in [0.5, 0.6) is 0 Å². The zero-order chi connectivity index (χ0) is 31.4. The first-order valence-corrected chi connectivity index (χ1v) is 20.3. The Morgan fingerprint density at radius 3 is 2.40 bits per heavy atom. The monoisotopic (exact) mass is 650 g/mol. The molecule has 2 saturated carbocycles. The summed E-state index contributed by atoms with van der Waals surface area (Å²) in [7, 11) is -6.35. The van der Waals surface area contributed by atoms with E-state index in [-0.39, 0.29) is 30.5 Å². The second-order valence-corrected chi connectivity index (χ2v) is 21.0. The van der Waals surface area contributed by atoms with E-state index in [1.165, 1.54) is 55.3 Å². The van der Waals surface area contributed by atoms with Crippen molar-refractivity contribution in [3.63, 3.8) is 0 Å². The van der Waals surface area contributed by atoms with Gasteiger partial charge in [0.15, 0.2) is 0 Å². The zero-order valence-corrected chi connectivity index (χ0v) is 29.2. The van der Waals surface area contributed by atoms with E-state index in [0.717, 1.165) is 6.42 Å². The number of carbonyl (C=O) groups excluding carboxylic acids is 1. The molecule has 3 atom stereocenters. The topological polar surface area (TPSA) is 134 Å². The standard InChI is InChI=1S/C31H50N4O5S2Si/c1-20(2)43(21(3)4,22(5)6)40-28-15-26(14-25(28)17-39-42(32,37)38)35-31-27(16-33-19-34-31)30(36)29-13-24(18-41-29)12-23-10-8-7-9-11-23/h13,16,18-23,25-26,28H,7-12,14-15,17H2,1-6H3,(H2,32,37,38)(H,33,34,35)/t25-,26-,28+/m1/s1. The minimum Gasteiger partial charge on any atom is -0.413 e. The molecule has 0 bridgehead atoms. The Morgan fingerprint density at radius 1 is 1.09 bits per heavy atom. The average Bonchev–Trinajstić information content (AvgIpc) is 3.56. The van der Waals surface area contributed by atoms with Crippen molar-refractivity contribution < 1.29 is 21.8 Å². The second-order valence-electron chi connectivity index (χ2n) is 13.5. The Morgan fingerprint density at radius 2 is 1.77 bits per heavy atom. The molecule has 43 heavy (non-hydrogen) atoms. The molecule has 4 rings (SSSR count). The van der Waals surface area contributed by atoms with Crippen molar-refractivity contribution in [3.05, 3.63) is 40.0 Å². The molecule has 2 heterocycles. The summed E-state index contributed by atoms with van der Waals surface area (Å²) in [6, 6.07) is 1.94. The van der Waals surface area contributed by atoms with E-state index < -0.39 is 18.6 Å². The van der Waals surface area contributed by atoms with Crippen LogP contribution in [0.3, 0.4) is 0 Å². The lowest BCUT2D eigenvalue weighted by atomic mass is 9.85. The van der Waals surface area contributed by atoms with E-state index in [0.29, 0.717) is 51.6 Å². The maximum absolute atomic E-state index is 13.7. The number of ketones is 1. The number of nitrogens with zero attached hydrogens (tertiary/aromatic N) is 2. The fraction of sp³-hybridized carbons (Fsp3) is 0.710. The molecule has 240 valence electrons. The summed E-state index contributed by atoms with van der Waals surface area (Å²) in [6.07, 6.45) is 11.5. The van der Waals surface area contributed by atoms with Gasteiger partial charge in [-0.25, -0.2) is 15.1 Å². The molecule has 2 aliphatic carbocycles. The number of carbonyl (C=O) groups is 1. The lowest BCUT2D eigenvalue weighted by Gasteiger charge is -2.45. The Kier molecular flexibility index (Phi) is 11.6. The molecule has 0 unspecified atom stereocenters. The number of rotatable bonds is 14. The predicted octanol–water partition coefficient (Wildman–Crippen LogP) is 6.86. The summed E-state index contributed by atoms with van der Waals surface area (Å²) in [4.78, 5) is 23.0. The van der Waals surface area contributed by atoms with Crippen LogP contribution in [0.15, 0.2) is 24.0 Å². The van der Waals surface area contributed by atoms with Gasteiger partial charge in [0.05, 0.1) is 23.2 Å². The fourth-order valence-electron chi connectivity index (χ4n) is 7.64. The molecule has 2 fully saturated rings. The van der Waals surface area contributed by atoms with Gasteiger partial charge in [-0.15, -0.1) is 11.3 Å². The molecule has 2 aromatic heterocycles. The number of thiophene rings is 1. The molecule has 0 radical (unpaired) electrons. The summed E-state index contributed by atoms with van der Waals surface area (Å²) in [5.41, 5.74) is 2.79. The van der Waals surface area contributed by atoms with Gasteiger partial charge in [-0.1, -0.05) is 73.6 Å². The Balaban J connectivity index is 1.52. The molecule has 12 heteroatoms. The van der Waals surface area contributed by atoms with Gasteiger partial charge in [0.25, 0.3) is 0 Å². The lowest BCUT2D eigenvalue weighted by Crippen LogP contribution is -2.51. The van der Waals surface area contributed by atoms with Crippen molar-refractivity contribution in [3.8, 4) is 0 Å². The molecule has 2 aromatic rings. The minimum atomic E-state index is -4.09. The summed E-state index contributed by atoms with van der Waals surface area (Å²) in [5, 5.41) is 10.8. The van der Waals surface area contributed by atoms with Gasteiger partial charge in [0, 0.05) is 18.2 Å². The summed E-state index contributed by atoms with van der Waals surface area (Å²) in [5.74, 6) is 0.920. The van der Waals surface area contributed by atoms with Crippen molar-refractivity contribution in [1.29, 1.82) is 0 Å². The molecule has 0 aliphatic heterocycles. The first-order chi connectivity index (χ1) is 20.3. The fourth-order valence-corrected chi connectivity index (χ4v) is 14.5. The maximum Gasteiger partial charge on any atom is 0.333 e. The van der Waals surface area contributed by atoms with Crippen LogP contribution in [0.25, 0.3) is 0 Å². The highest BCUT2D eigenvalue weighted by atomic mass is 32.2. The SMILES string of the molecule is CC(C)[Si](O[C@H]1C[C@H](Nc2ncncc2C(=O)c2cc(CC3CCCCC3)cs2)C[C@@H]1COS(N)(=O)=O)(C(C)C)C(C)C. The minimum absolute atomic E-state index is 0.0467. The van der Waals surface area contributed by atoms with Gasteiger partial charge in [-0.05, 0) is 58.8 Å². The first-order valence-electron chi connectivity index (χ1n) is 15.8. The van der Waals surface area contributed by atoms with Gasteiger partial charge in [0.1, 0.15) is 12.1 Å². The van der Waals surface area contributed by atoms with E-state index in [1.807, 2.05) is 6.07 Å². The highest BCUT2D eigenvalue weighted by molar-refractivity contribution is 7.84. The maximum atomic E-state index is 13.7. The molecule has 0 amide bonds. The predicted molar refractivity (Wildman–Crippen MR) is 175 cm³/mol. The van der Waals surface area contributed by atoms with Gasteiger partial charge >= 0.3 is 10.3 Å². The van der Waals surface area contributed by atoms with Crippen molar-refractivity contribution in [1.82, 2.24) is 9.97 Å². The third kappa shape index (κ3) is 8.52. The van der Waals surface area contributed by atoms with Crippen LogP contribution in [0.4, 0.5) is 5.82 Å². The second kappa shape index (κ2) is 14.6. The summed E-state index contributed by atoms with van der Waals surface area (Å²) in [6.45, 7) is 13.4. The molecular weight excluding hydrogens is 601 g/mol. The highest BCUT2D eigenvalue weighted by Gasteiger charge is 2.49. The van der Waals surface area contributed by atoms with Crippen molar-refractivity contribution in [2.45, 2.75) is 122 Å². The van der Waals surface area contributed by atoms with E-state index in [9.17, 15) is 13.2 Å². The largest absolute Gasteiger partial charge is 0.413 e. The van der Waals surface area contributed by atoms with Crippen LogP contribution in [0.2, 0.25) is 16.6 Å². The summed E-state index contributed by atoms with van der Waals surface area (Å²) < 4.78 is 35.6. The van der Waals surface area contributed by atoms with Gasteiger partial charge < -0.3 is 9.74 Å². The molecule has 2 aliphatic rings. The third-order valence-corrected chi connectivity index (χ3v) is 17.1. The Labute approximate surface area is 263 Å². The normalized spacial score (nSPS) is 22.1. The van der Waals surface area contributed by atoms with Crippen molar-refractivity contribution in [2.24, 2.45) is 17.0 Å². The number of nitrogens with one attached hydrogen (secondary N) is 1. The quantitative estimate of drug-likeness (QED) is 0.167. The van der Waals surface area contributed by atoms with E-state index in [4.69, 9.17) is 13.7 Å². The third-order valence-electron chi connectivity index (χ3n) is 9.56. The smallest absolute Gasteiger partial charge is 0.333 e. The Bertz CT molecular complexity index is 1310. The van der Waals surface area contributed by atoms with Crippen LogP contribution in [-0.4, -0.2) is 51.2 Å². The van der Waals surface area contributed by atoms with E-state index >= 15 is 0 Å². The van der Waals surface area contributed by atoms with Crippen LogP contribution in [0.1, 0.15) is 107 Å². The number of anilines is 1.